The summed E-state index contributed by atoms with van der Waals surface area (Å²) in [6.07, 6.45) is 4.03. The van der Waals surface area contributed by atoms with Crippen LogP contribution in [0.2, 0.25) is 0 Å². The summed E-state index contributed by atoms with van der Waals surface area (Å²) in [5, 5.41) is 12.3. The summed E-state index contributed by atoms with van der Waals surface area (Å²) >= 11 is 0. The Morgan fingerprint density at radius 2 is 2.11 bits per heavy atom. The third-order valence-electron chi connectivity index (χ3n) is 3.72. The van der Waals surface area contributed by atoms with Crippen molar-refractivity contribution in [1.29, 1.82) is 0 Å². The minimum absolute atomic E-state index is 0.291. The van der Waals surface area contributed by atoms with E-state index in [1.54, 1.807) is 0 Å². The number of hydrogen-bond acceptors (Lipinski definition) is 3. The Balaban J connectivity index is 2.02. The van der Waals surface area contributed by atoms with E-state index in [9.17, 15) is 0 Å². The topological polar surface area (TPSA) is 47.7 Å². The Morgan fingerprint density at radius 1 is 1.37 bits per heavy atom. The first kappa shape index (κ1) is 13.8. The number of nitrogens with zero attached hydrogens (tertiary/aromatic N) is 4. The summed E-state index contributed by atoms with van der Waals surface area (Å²) in [4.78, 5) is 0. The van der Waals surface area contributed by atoms with Crippen molar-refractivity contribution < 1.29 is 0 Å². The van der Waals surface area contributed by atoms with Gasteiger partial charge in [-0.25, -0.2) is 0 Å². The Morgan fingerprint density at radius 3 is 2.63 bits per heavy atom. The lowest BCUT2D eigenvalue weighted by Crippen LogP contribution is -2.18. The van der Waals surface area contributed by atoms with Crippen LogP contribution in [0.3, 0.4) is 0 Å². The zero-order valence-corrected chi connectivity index (χ0v) is 12.4. The van der Waals surface area contributed by atoms with E-state index in [1.165, 1.54) is 16.8 Å². The molecular formula is C14H23N5. The molecule has 2 rings (SSSR count). The van der Waals surface area contributed by atoms with E-state index in [1.807, 2.05) is 22.6 Å². The van der Waals surface area contributed by atoms with Crippen molar-refractivity contribution in [3.05, 3.63) is 34.9 Å². The van der Waals surface area contributed by atoms with Crippen LogP contribution in [0.1, 0.15) is 42.4 Å². The average molecular weight is 261 g/mol. The van der Waals surface area contributed by atoms with Crippen LogP contribution in [0.25, 0.3) is 0 Å². The fourth-order valence-electron chi connectivity index (χ4n) is 2.22. The van der Waals surface area contributed by atoms with Gasteiger partial charge in [-0.2, -0.15) is 10.2 Å². The maximum Gasteiger partial charge on any atom is 0.0641 e. The summed E-state index contributed by atoms with van der Waals surface area (Å²) in [5.74, 6) is 0. The standard InChI is InChI=1S/C14H23N5/c1-6-19-9-13(7-16-19)10(2)15-8-14-11(3)17-18(5)12(14)4/h7,9-10,15H,6,8H2,1-5H3. The van der Waals surface area contributed by atoms with E-state index >= 15 is 0 Å². The minimum Gasteiger partial charge on any atom is -0.306 e. The quantitative estimate of drug-likeness (QED) is 0.896. The van der Waals surface area contributed by atoms with Crippen molar-refractivity contribution >= 4 is 0 Å². The van der Waals surface area contributed by atoms with Crippen molar-refractivity contribution in [2.75, 3.05) is 0 Å². The highest BCUT2D eigenvalue weighted by Crippen LogP contribution is 2.15. The van der Waals surface area contributed by atoms with Crippen LogP contribution >= 0.6 is 0 Å². The van der Waals surface area contributed by atoms with E-state index in [0.717, 1.165) is 18.8 Å². The summed E-state index contributed by atoms with van der Waals surface area (Å²) in [6.45, 7) is 10.2. The fraction of sp³-hybridized carbons (Fsp3) is 0.571. The van der Waals surface area contributed by atoms with Crippen molar-refractivity contribution in [2.24, 2.45) is 7.05 Å². The van der Waals surface area contributed by atoms with Gasteiger partial charge >= 0.3 is 0 Å². The first-order chi connectivity index (χ1) is 9.02. The van der Waals surface area contributed by atoms with Gasteiger partial charge in [0.1, 0.15) is 0 Å². The zero-order chi connectivity index (χ0) is 14.0. The molecule has 0 spiro atoms. The lowest BCUT2D eigenvalue weighted by molar-refractivity contribution is 0.570. The van der Waals surface area contributed by atoms with Crippen LogP contribution < -0.4 is 5.32 Å². The van der Waals surface area contributed by atoms with Crippen molar-refractivity contribution in [2.45, 2.75) is 46.8 Å². The predicted molar refractivity (Wildman–Crippen MR) is 75.8 cm³/mol. The highest BCUT2D eigenvalue weighted by Gasteiger charge is 2.12. The average Bonchev–Trinajstić information content (AvgIpc) is 2.94. The normalized spacial score (nSPS) is 12.9. The van der Waals surface area contributed by atoms with E-state index < -0.39 is 0 Å². The second kappa shape index (κ2) is 5.57. The van der Waals surface area contributed by atoms with Crippen LogP contribution in [-0.4, -0.2) is 19.6 Å². The van der Waals surface area contributed by atoms with Gasteiger partial charge in [0.15, 0.2) is 0 Å². The summed E-state index contributed by atoms with van der Waals surface area (Å²) in [5.41, 5.74) is 4.84. The molecule has 0 aliphatic heterocycles. The molecule has 19 heavy (non-hydrogen) atoms. The monoisotopic (exact) mass is 261 g/mol. The number of rotatable bonds is 5. The zero-order valence-electron chi connectivity index (χ0n) is 12.4. The number of aryl methyl sites for hydroxylation is 3. The molecule has 0 saturated heterocycles. The number of nitrogens with one attached hydrogen (secondary N) is 1. The Bertz CT molecular complexity index is 552. The molecule has 104 valence electrons. The van der Waals surface area contributed by atoms with Crippen molar-refractivity contribution in [3.63, 3.8) is 0 Å². The van der Waals surface area contributed by atoms with Crippen LogP contribution in [0.15, 0.2) is 12.4 Å². The molecule has 1 atom stereocenters. The van der Waals surface area contributed by atoms with E-state index in [0.29, 0.717) is 6.04 Å². The molecule has 0 fully saturated rings. The molecule has 5 nitrogen and oxygen atoms in total. The van der Waals surface area contributed by atoms with Gasteiger partial charge in [0.2, 0.25) is 0 Å². The molecule has 0 amide bonds. The number of aromatic nitrogens is 4. The molecule has 2 aromatic heterocycles. The molecule has 1 unspecified atom stereocenters. The summed E-state index contributed by atoms with van der Waals surface area (Å²) in [7, 11) is 1.99. The summed E-state index contributed by atoms with van der Waals surface area (Å²) in [6, 6.07) is 0.291. The fourth-order valence-corrected chi connectivity index (χ4v) is 2.22. The first-order valence-corrected chi connectivity index (χ1v) is 6.77. The molecule has 0 aliphatic rings. The van der Waals surface area contributed by atoms with Gasteiger partial charge in [-0.05, 0) is 27.7 Å². The molecule has 0 bridgehead atoms. The van der Waals surface area contributed by atoms with Gasteiger partial charge < -0.3 is 5.32 Å². The Kier molecular flexibility index (Phi) is 4.04. The molecule has 0 radical (unpaired) electrons. The Hall–Kier alpha value is -1.62. The Labute approximate surface area is 114 Å². The van der Waals surface area contributed by atoms with E-state index in [2.05, 4.69) is 49.4 Å². The molecule has 5 heteroatoms. The highest BCUT2D eigenvalue weighted by molar-refractivity contribution is 5.24. The summed E-state index contributed by atoms with van der Waals surface area (Å²) < 4.78 is 3.89. The SMILES string of the molecule is CCn1cc(C(C)NCc2c(C)nn(C)c2C)cn1. The lowest BCUT2D eigenvalue weighted by Gasteiger charge is -2.12. The molecular weight excluding hydrogens is 238 g/mol. The van der Waals surface area contributed by atoms with Crippen LogP contribution in [0.4, 0.5) is 0 Å². The minimum atomic E-state index is 0.291. The first-order valence-electron chi connectivity index (χ1n) is 6.77. The van der Waals surface area contributed by atoms with Crippen molar-refractivity contribution in [1.82, 2.24) is 24.9 Å². The third-order valence-corrected chi connectivity index (χ3v) is 3.72. The van der Waals surface area contributed by atoms with Gasteiger partial charge in [-0.1, -0.05) is 0 Å². The van der Waals surface area contributed by atoms with Crippen LogP contribution in [0.5, 0.6) is 0 Å². The largest absolute Gasteiger partial charge is 0.306 e. The molecule has 2 heterocycles. The molecule has 1 N–H and O–H groups in total. The second-order valence-corrected chi connectivity index (χ2v) is 5.00. The number of hydrogen-bond donors (Lipinski definition) is 1. The van der Waals surface area contributed by atoms with E-state index in [-0.39, 0.29) is 0 Å². The van der Waals surface area contributed by atoms with Gasteiger partial charge in [0.05, 0.1) is 11.9 Å². The van der Waals surface area contributed by atoms with Crippen LogP contribution in [-0.2, 0) is 20.1 Å². The highest BCUT2D eigenvalue weighted by atomic mass is 15.3. The maximum atomic E-state index is 4.44. The lowest BCUT2D eigenvalue weighted by atomic mass is 10.1. The maximum absolute atomic E-state index is 4.44. The van der Waals surface area contributed by atoms with E-state index in [4.69, 9.17) is 0 Å². The van der Waals surface area contributed by atoms with Crippen molar-refractivity contribution in [3.8, 4) is 0 Å². The molecule has 2 aromatic rings. The van der Waals surface area contributed by atoms with Gasteiger partial charge in [0, 0.05) is 49.2 Å². The predicted octanol–water partition coefficient (Wildman–Crippen LogP) is 2.10. The van der Waals surface area contributed by atoms with Gasteiger partial charge in [-0.15, -0.1) is 0 Å². The van der Waals surface area contributed by atoms with Crippen LogP contribution in [0, 0.1) is 13.8 Å². The van der Waals surface area contributed by atoms with Gasteiger partial charge in [0.25, 0.3) is 0 Å². The molecule has 0 aliphatic carbocycles. The third kappa shape index (κ3) is 2.87. The second-order valence-electron chi connectivity index (χ2n) is 5.00. The molecule has 0 aromatic carbocycles. The van der Waals surface area contributed by atoms with Gasteiger partial charge in [-0.3, -0.25) is 9.36 Å². The smallest absolute Gasteiger partial charge is 0.0641 e. The molecule has 0 saturated carbocycles.